The van der Waals surface area contributed by atoms with Crippen LogP contribution < -0.4 is 9.47 Å². The lowest BCUT2D eigenvalue weighted by molar-refractivity contribution is -0.115. The summed E-state index contributed by atoms with van der Waals surface area (Å²) in [6, 6.07) is 13.9. The van der Waals surface area contributed by atoms with Gasteiger partial charge in [-0.15, -0.1) is 0 Å². The average Bonchev–Trinajstić information content (AvgIpc) is 2.67. The van der Waals surface area contributed by atoms with E-state index in [-0.39, 0.29) is 23.6 Å². The van der Waals surface area contributed by atoms with Crippen molar-refractivity contribution in [2.45, 2.75) is 64.6 Å². The first-order chi connectivity index (χ1) is 14.3. The number of rotatable bonds is 6. The van der Waals surface area contributed by atoms with E-state index in [4.69, 9.17) is 9.47 Å². The molecule has 0 spiro atoms. The first-order valence-electron chi connectivity index (χ1n) is 10.8. The molecule has 1 aliphatic heterocycles. The Kier molecular flexibility index (Phi) is 5.59. The Hall–Kier alpha value is -2.75. The Labute approximate surface area is 178 Å². The number of carbonyl (C=O) groups is 1. The van der Waals surface area contributed by atoms with Gasteiger partial charge < -0.3 is 14.6 Å². The molecule has 0 fully saturated rings. The number of aromatic hydroxyl groups is 1. The van der Waals surface area contributed by atoms with Gasteiger partial charge in [-0.1, -0.05) is 30.3 Å². The van der Waals surface area contributed by atoms with Crippen molar-refractivity contribution in [2.75, 3.05) is 0 Å². The van der Waals surface area contributed by atoms with Gasteiger partial charge in [-0.25, -0.2) is 0 Å². The molecular weight excluding hydrogens is 376 g/mol. The maximum atomic E-state index is 12.0. The number of hydrogen-bond donors (Lipinski definition) is 1. The Morgan fingerprint density at radius 2 is 2.00 bits per heavy atom. The quantitative estimate of drug-likeness (QED) is 0.667. The molecule has 2 atom stereocenters. The van der Waals surface area contributed by atoms with E-state index >= 15 is 0 Å². The lowest BCUT2D eigenvalue weighted by Crippen LogP contribution is -2.43. The van der Waals surface area contributed by atoms with Crippen molar-refractivity contribution < 1.29 is 19.4 Å². The fourth-order valence-electron chi connectivity index (χ4n) is 4.66. The normalized spacial score (nSPS) is 20.4. The van der Waals surface area contributed by atoms with Crippen molar-refractivity contribution in [3.8, 4) is 17.2 Å². The van der Waals surface area contributed by atoms with E-state index in [9.17, 15) is 9.90 Å². The molecule has 0 unspecified atom stereocenters. The zero-order chi connectivity index (χ0) is 21.3. The number of ether oxygens (including phenoxy) is 2. The molecule has 0 saturated heterocycles. The minimum Gasteiger partial charge on any atom is -0.507 e. The average molecular weight is 407 g/mol. The van der Waals surface area contributed by atoms with Crippen molar-refractivity contribution in [3.63, 3.8) is 0 Å². The van der Waals surface area contributed by atoms with Gasteiger partial charge in [0.25, 0.3) is 0 Å². The molecule has 0 radical (unpaired) electrons. The third kappa shape index (κ3) is 4.23. The highest BCUT2D eigenvalue weighted by atomic mass is 16.5. The minimum atomic E-state index is -0.439. The SMILES string of the molecule is C[C@@H](CCCc1ccccc1)Oc1cc(O)c2c(c1)OC(C)(C)[C@H]1CCC(=O)C=C21. The van der Waals surface area contributed by atoms with Crippen LogP contribution in [0.25, 0.3) is 5.57 Å². The van der Waals surface area contributed by atoms with Crippen molar-refractivity contribution in [1.29, 1.82) is 0 Å². The van der Waals surface area contributed by atoms with Gasteiger partial charge in [0.2, 0.25) is 0 Å². The van der Waals surface area contributed by atoms with Crippen molar-refractivity contribution >= 4 is 11.4 Å². The fourth-order valence-corrected chi connectivity index (χ4v) is 4.66. The summed E-state index contributed by atoms with van der Waals surface area (Å²) in [5.74, 6) is 1.49. The summed E-state index contributed by atoms with van der Waals surface area (Å²) in [6.45, 7) is 6.13. The fraction of sp³-hybridized carbons (Fsp3) is 0.423. The number of allylic oxidation sites excluding steroid dienone is 1. The van der Waals surface area contributed by atoms with Gasteiger partial charge in [-0.2, -0.15) is 0 Å². The molecule has 4 heteroatoms. The number of benzene rings is 2. The molecule has 0 bridgehead atoms. The van der Waals surface area contributed by atoms with E-state index in [1.54, 1.807) is 12.1 Å². The maximum Gasteiger partial charge on any atom is 0.156 e. The van der Waals surface area contributed by atoms with Crippen LogP contribution in [0.5, 0.6) is 17.2 Å². The summed E-state index contributed by atoms with van der Waals surface area (Å²) in [6.07, 6.45) is 5.94. The van der Waals surface area contributed by atoms with Gasteiger partial charge >= 0.3 is 0 Å². The number of fused-ring (bicyclic) bond motifs is 3. The first-order valence-corrected chi connectivity index (χ1v) is 10.8. The smallest absolute Gasteiger partial charge is 0.156 e. The van der Waals surface area contributed by atoms with Gasteiger partial charge in [0.05, 0.1) is 11.7 Å². The topological polar surface area (TPSA) is 55.8 Å². The van der Waals surface area contributed by atoms with Crippen LogP contribution in [-0.4, -0.2) is 22.6 Å². The molecule has 4 nitrogen and oxygen atoms in total. The largest absolute Gasteiger partial charge is 0.507 e. The molecule has 2 aromatic carbocycles. The molecule has 1 N–H and O–H groups in total. The second kappa shape index (κ2) is 8.17. The molecular formula is C26H30O4. The lowest BCUT2D eigenvalue weighted by atomic mass is 9.72. The Bertz CT molecular complexity index is 958. The van der Waals surface area contributed by atoms with Crippen LogP contribution in [0.1, 0.15) is 57.6 Å². The third-order valence-electron chi connectivity index (χ3n) is 6.18. The van der Waals surface area contributed by atoms with E-state index in [2.05, 4.69) is 24.3 Å². The van der Waals surface area contributed by atoms with Gasteiger partial charge in [-0.3, -0.25) is 4.79 Å². The minimum absolute atomic E-state index is 0.0194. The molecule has 1 aliphatic carbocycles. The summed E-state index contributed by atoms with van der Waals surface area (Å²) in [7, 11) is 0. The lowest BCUT2D eigenvalue weighted by Gasteiger charge is -2.43. The van der Waals surface area contributed by atoms with E-state index in [0.717, 1.165) is 31.3 Å². The van der Waals surface area contributed by atoms with E-state index < -0.39 is 5.60 Å². The maximum absolute atomic E-state index is 12.0. The standard InChI is InChI=1S/C26H30O4/c1-17(8-7-11-18-9-5-4-6-10-18)29-20-15-23(28)25-21-14-19(27)12-13-22(21)26(2,3)30-24(25)16-20/h4-6,9-10,14-17,22,28H,7-8,11-13H2,1-3H3/t17-,22-/m0/s1. The number of carbonyl (C=O) groups excluding carboxylic acids is 1. The molecule has 1 heterocycles. The highest BCUT2D eigenvalue weighted by Gasteiger charge is 2.43. The molecule has 0 saturated carbocycles. The van der Waals surface area contributed by atoms with E-state index in [1.807, 2.05) is 32.9 Å². The summed E-state index contributed by atoms with van der Waals surface area (Å²) in [5.41, 5.74) is 2.41. The van der Waals surface area contributed by atoms with Gasteiger partial charge in [0.15, 0.2) is 5.78 Å². The number of phenolic OH excluding ortho intramolecular Hbond substituents is 1. The second-order valence-electron chi connectivity index (χ2n) is 8.98. The van der Waals surface area contributed by atoms with Crippen LogP contribution in [0.4, 0.5) is 0 Å². The Balaban J connectivity index is 1.49. The second-order valence-corrected chi connectivity index (χ2v) is 8.98. The molecule has 2 aromatic rings. The first kappa shape index (κ1) is 20.5. The molecule has 0 amide bonds. The van der Waals surface area contributed by atoms with Crippen LogP contribution in [0.2, 0.25) is 0 Å². The van der Waals surface area contributed by atoms with Gasteiger partial charge in [0, 0.05) is 24.5 Å². The highest BCUT2D eigenvalue weighted by Crippen LogP contribution is 2.52. The number of aryl methyl sites for hydroxylation is 1. The zero-order valence-electron chi connectivity index (χ0n) is 18.0. The molecule has 0 aromatic heterocycles. The molecule has 30 heavy (non-hydrogen) atoms. The van der Waals surface area contributed by atoms with Gasteiger partial charge in [-0.05, 0) is 63.7 Å². The zero-order valence-corrected chi connectivity index (χ0v) is 18.0. The molecule has 4 rings (SSSR count). The summed E-state index contributed by atoms with van der Waals surface area (Å²) in [5, 5.41) is 10.8. The van der Waals surface area contributed by atoms with Crippen LogP contribution >= 0.6 is 0 Å². The van der Waals surface area contributed by atoms with Crippen molar-refractivity contribution in [3.05, 3.63) is 59.7 Å². The molecule has 158 valence electrons. The van der Waals surface area contributed by atoms with E-state index in [0.29, 0.717) is 23.5 Å². The Morgan fingerprint density at radius 1 is 1.23 bits per heavy atom. The van der Waals surface area contributed by atoms with Gasteiger partial charge in [0.1, 0.15) is 22.8 Å². The number of ketones is 1. The van der Waals surface area contributed by atoms with Crippen LogP contribution in [0.15, 0.2) is 48.5 Å². The summed E-state index contributed by atoms with van der Waals surface area (Å²) < 4.78 is 12.4. The van der Waals surface area contributed by atoms with Crippen molar-refractivity contribution in [2.24, 2.45) is 5.92 Å². The third-order valence-corrected chi connectivity index (χ3v) is 6.18. The number of phenols is 1. The van der Waals surface area contributed by atoms with Crippen LogP contribution in [-0.2, 0) is 11.2 Å². The summed E-state index contributed by atoms with van der Waals surface area (Å²) >= 11 is 0. The Morgan fingerprint density at radius 3 is 2.77 bits per heavy atom. The predicted molar refractivity (Wildman–Crippen MR) is 118 cm³/mol. The summed E-state index contributed by atoms with van der Waals surface area (Å²) in [4.78, 5) is 12.0. The number of hydrogen-bond acceptors (Lipinski definition) is 4. The van der Waals surface area contributed by atoms with E-state index in [1.165, 1.54) is 5.56 Å². The monoisotopic (exact) mass is 406 g/mol. The van der Waals surface area contributed by atoms with Crippen LogP contribution in [0, 0.1) is 5.92 Å². The van der Waals surface area contributed by atoms with Crippen molar-refractivity contribution in [1.82, 2.24) is 0 Å². The van der Waals surface area contributed by atoms with Crippen LogP contribution in [0.3, 0.4) is 0 Å². The predicted octanol–water partition coefficient (Wildman–Crippen LogP) is 5.72. The molecule has 2 aliphatic rings. The highest BCUT2D eigenvalue weighted by molar-refractivity contribution is 6.01.